The van der Waals surface area contributed by atoms with Crippen LogP contribution in [0.25, 0.3) is 11.3 Å². The van der Waals surface area contributed by atoms with E-state index in [9.17, 15) is 4.79 Å². The van der Waals surface area contributed by atoms with Crippen LogP contribution < -0.4 is 14.9 Å². The zero-order valence-corrected chi connectivity index (χ0v) is 16.3. The van der Waals surface area contributed by atoms with Gasteiger partial charge in [0.15, 0.2) is 11.5 Å². The van der Waals surface area contributed by atoms with Crippen LogP contribution in [0.4, 0.5) is 0 Å². The third kappa shape index (κ3) is 4.53. The Hall–Kier alpha value is -3.13. The van der Waals surface area contributed by atoms with Crippen LogP contribution in [0.1, 0.15) is 16.1 Å². The molecule has 0 atom stereocenters. The standard InChI is InChI=1S/C19H17BrN4O3/c1-26-17-8-3-12(9-18(17)27-2)11-21-24-19(25)16-10-15(22-23-16)13-4-6-14(20)7-5-13/h3-11H,1-2H3,(H,22,23)(H,24,25)/b21-11+. The Morgan fingerprint density at radius 2 is 1.85 bits per heavy atom. The van der Waals surface area contributed by atoms with Gasteiger partial charge in [0.1, 0.15) is 5.69 Å². The van der Waals surface area contributed by atoms with E-state index < -0.39 is 0 Å². The Balaban J connectivity index is 1.66. The number of rotatable bonds is 6. The van der Waals surface area contributed by atoms with E-state index in [1.165, 1.54) is 6.21 Å². The van der Waals surface area contributed by atoms with Crippen molar-refractivity contribution in [3.05, 3.63) is 64.3 Å². The second-order valence-electron chi connectivity index (χ2n) is 5.49. The summed E-state index contributed by atoms with van der Waals surface area (Å²) in [7, 11) is 3.13. The van der Waals surface area contributed by atoms with E-state index in [4.69, 9.17) is 9.47 Å². The van der Waals surface area contributed by atoms with Crippen LogP contribution >= 0.6 is 15.9 Å². The quantitative estimate of drug-likeness (QED) is 0.463. The SMILES string of the molecule is COc1ccc(/C=N/NC(=O)c2cc(-c3ccc(Br)cc3)n[nH]2)cc1OC. The number of nitrogens with one attached hydrogen (secondary N) is 2. The van der Waals surface area contributed by atoms with Crippen LogP contribution in [-0.4, -0.2) is 36.5 Å². The van der Waals surface area contributed by atoms with E-state index in [-0.39, 0.29) is 5.91 Å². The molecular weight excluding hydrogens is 412 g/mol. The summed E-state index contributed by atoms with van der Waals surface area (Å²) in [5, 5.41) is 10.8. The van der Waals surface area contributed by atoms with Gasteiger partial charge in [0, 0.05) is 10.0 Å². The second-order valence-corrected chi connectivity index (χ2v) is 6.40. The van der Waals surface area contributed by atoms with Crippen molar-refractivity contribution in [1.29, 1.82) is 0 Å². The first-order chi connectivity index (χ1) is 13.1. The molecule has 0 saturated heterocycles. The molecule has 0 aliphatic carbocycles. The summed E-state index contributed by atoms with van der Waals surface area (Å²) in [6.07, 6.45) is 1.52. The van der Waals surface area contributed by atoms with Gasteiger partial charge in [-0.05, 0) is 42.0 Å². The molecule has 1 amide bonds. The van der Waals surface area contributed by atoms with Crippen LogP contribution in [0.3, 0.4) is 0 Å². The van der Waals surface area contributed by atoms with E-state index in [1.54, 1.807) is 38.5 Å². The molecule has 0 aliphatic heterocycles. The molecule has 0 saturated carbocycles. The number of hydrogen-bond acceptors (Lipinski definition) is 5. The third-order valence-corrected chi connectivity index (χ3v) is 4.28. The molecular formula is C19H17BrN4O3. The third-order valence-electron chi connectivity index (χ3n) is 3.75. The Kier molecular flexibility index (Phi) is 5.87. The molecule has 27 heavy (non-hydrogen) atoms. The maximum Gasteiger partial charge on any atom is 0.289 e. The first kappa shape index (κ1) is 18.7. The lowest BCUT2D eigenvalue weighted by Gasteiger charge is -2.07. The fourth-order valence-corrected chi connectivity index (χ4v) is 2.63. The number of hydrogen-bond donors (Lipinski definition) is 2. The largest absolute Gasteiger partial charge is 0.493 e. The molecule has 0 fully saturated rings. The molecule has 1 aromatic heterocycles. The van der Waals surface area contributed by atoms with Crippen molar-refractivity contribution in [1.82, 2.24) is 15.6 Å². The summed E-state index contributed by atoms with van der Waals surface area (Å²) in [4.78, 5) is 12.2. The zero-order valence-electron chi connectivity index (χ0n) is 14.7. The number of carbonyl (C=O) groups excluding carboxylic acids is 1. The molecule has 0 spiro atoms. The highest BCUT2D eigenvalue weighted by Crippen LogP contribution is 2.26. The minimum atomic E-state index is -0.386. The van der Waals surface area contributed by atoms with Crippen molar-refractivity contribution >= 4 is 28.1 Å². The normalized spacial score (nSPS) is 10.8. The van der Waals surface area contributed by atoms with Crippen LogP contribution in [-0.2, 0) is 0 Å². The van der Waals surface area contributed by atoms with Crippen LogP contribution in [0.15, 0.2) is 58.1 Å². The van der Waals surface area contributed by atoms with Gasteiger partial charge in [-0.3, -0.25) is 9.89 Å². The summed E-state index contributed by atoms with van der Waals surface area (Å²) in [6.45, 7) is 0. The fraction of sp³-hybridized carbons (Fsp3) is 0.105. The Morgan fingerprint density at radius 1 is 1.11 bits per heavy atom. The highest BCUT2D eigenvalue weighted by molar-refractivity contribution is 9.10. The summed E-state index contributed by atoms with van der Waals surface area (Å²) in [6, 6.07) is 14.7. The van der Waals surface area contributed by atoms with Gasteiger partial charge in [-0.15, -0.1) is 0 Å². The number of aromatic nitrogens is 2. The van der Waals surface area contributed by atoms with E-state index in [1.807, 2.05) is 24.3 Å². The molecule has 3 aromatic rings. The summed E-state index contributed by atoms with van der Waals surface area (Å²) in [5.74, 6) is 0.819. The van der Waals surface area contributed by atoms with Crippen molar-refractivity contribution < 1.29 is 14.3 Å². The van der Waals surface area contributed by atoms with Crippen molar-refractivity contribution in [2.45, 2.75) is 0 Å². The van der Waals surface area contributed by atoms with Gasteiger partial charge in [-0.2, -0.15) is 10.2 Å². The minimum absolute atomic E-state index is 0.317. The number of hydrazone groups is 1. The van der Waals surface area contributed by atoms with Crippen molar-refractivity contribution in [2.24, 2.45) is 5.10 Å². The van der Waals surface area contributed by atoms with Crippen LogP contribution in [0.5, 0.6) is 11.5 Å². The number of halogens is 1. The Morgan fingerprint density at radius 3 is 2.56 bits per heavy atom. The van der Waals surface area contributed by atoms with E-state index in [0.717, 1.165) is 15.6 Å². The molecule has 1 heterocycles. The number of aromatic amines is 1. The first-order valence-electron chi connectivity index (χ1n) is 7.97. The molecule has 2 aromatic carbocycles. The summed E-state index contributed by atoms with van der Waals surface area (Å²) >= 11 is 3.39. The highest BCUT2D eigenvalue weighted by atomic mass is 79.9. The molecule has 8 heteroatoms. The molecule has 2 N–H and O–H groups in total. The van der Waals surface area contributed by atoms with Crippen LogP contribution in [0, 0.1) is 0 Å². The number of methoxy groups -OCH3 is 2. The van der Waals surface area contributed by atoms with Gasteiger partial charge >= 0.3 is 0 Å². The number of ether oxygens (including phenoxy) is 2. The van der Waals surface area contributed by atoms with Gasteiger partial charge in [-0.1, -0.05) is 28.1 Å². The van der Waals surface area contributed by atoms with Crippen molar-refractivity contribution in [2.75, 3.05) is 14.2 Å². The van der Waals surface area contributed by atoms with Crippen LogP contribution in [0.2, 0.25) is 0 Å². The van der Waals surface area contributed by atoms with Gasteiger partial charge in [0.25, 0.3) is 5.91 Å². The number of carbonyl (C=O) groups is 1. The lowest BCUT2D eigenvalue weighted by molar-refractivity contribution is 0.0950. The number of amides is 1. The van der Waals surface area contributed by atoms with E-state index in [2.05, 4.69) is 36.7 Å². The van der Waals surface area contributed by atoms with Gasteiger partial charge in [0.05, 0.1) is 26.1 Å². The number of H-pyrrole nitrogens is 1. The molecule has 0 aliphatic rings. The maximum atomic E-state index is 12.2. The van der Waals surface area contributed by atoms with Gasteiger partial charge in [-0.25, -0.2) is 5.43 Å². The Bertz CT molecular complexity index is 967. The van der Waals surface area contributed by atoms with Gasteiger partial charge in [0.2, 0.25) is 0 Å². The number of benzene rings is 2. The molecule has 0 bridgehead atoms. The Labute approximate surface area is 164 Å². The van der Waals surface area contributed by atoms with E-state index in [0.29, 0.717) is 22.9 Å². The summed E-state index contributed by atoms with van der Waals surface area (Å²) in [5.41, 5.74) is 5.12. The topological polar surface area (TPSA) is 88.6 Å². The molecule has 138 valence electrons. The molecule has 0 radical (unpaired) electrons. The fourth-order valence-electron chi connectivity index (χ4n) is 2.37. The van der Waals surface area contributed by atoms with Gasteiger partial charge < -0.3 is 9.47 Å². The minimum Gasteiger partial charge on any atom is -0.493 e. The molecule has 0 unspecified atom stereocenters. The highest BCUT2D eigenvalue weighted by Gasteiger charge is 2.10. The van der Waals surface area contributed by atoms with Crippen molar-refractivity contribution in [3.8, 4) is 22.8 Å². The average Bonchev–Trinajstić information content (AvgIpc) is 3.18. The predicted octanol–water partition coefficient (Wildman–Crippen LogP) is 3.62. The van der Waals surface area contributed by atoms with E-state index >= 15 is 0 Å². The molecule has 3 rings (SSSR count). The maximum absolute atomic E-state index is 12.2. The average molecular weight is 429 g/mol. The smallest absolute Gasteiger partial charge is 0.289 e. The lowest BCUT2D eigenvalue weighted by Crippen LogP contribution is -2.18. The zero-order chi connectivity index (χ0) is 19.2. The second kappa shape index (κ2) is 8.50. The number of nitrogens with zero attached hydrogens (tertiary/aromatic N) is 2. The molecule has 7 nitrogen and oxygen atoms in total. The summed E-state index contributed by atoms with van der Waals surface area (Å²) < 4.78 is 11.4. The monoisotopic (exact) mass is 428 g/mol. The first-order valence-corrected chi connectivity index (χ1v) is 8.77. The lowest BCUT2D eigenvalue weighted by atomic mass is 10.1. The van der Waals surface area contributed by atoms with Crippen molar-refractivity contribution in [3.63, 3.8) is 0 Å². The predicted molar refractivity (Wildman–Crippen MR) is 106 cm³/mol.